The summed E-state index contributed by atoms with van der Waals surface area (Å²) >= 11 is 1.89. The number of benzene rings is 3. The molecule has 3 heteroatoms. The van der Waals surface area contributed by atoms with Crippen molar-refractivity contribution in [3.8, 4) is 0 Å². The van der Waals surface area contributed by atoms with Crippen LogP contribution in [0.25, 0.3) is 10.9 Å². The molecule has 0 aliphatic rings. The van der Waals surface area contributed by atoms with Crippen LogP contribution in [0.5, 0.6) is 0 Å². The standard InChI is InChI=1S/C26H25NOS/c1-18(16-17-29-21-12-7-4-8-13-21)22-14-9-15-23-25(22)24(19(2)27-23)26(28)20-10-5-3-6-11-20/h3-15,18,27H,16-17H2,1-2H3. The monoisotopic (exact) mass is 399 g/mol. The number of aromatic amines is 1. The van der Waals surface area contributed by atoms with E-state index < -0.39 is 0 Å². The van der Waals surface area contributed by atoms with Crippen molar-refractivity contribution in [3.05, 3.63) is 101 Å². The van der Waals surface area contributed by atoms with Crippen LogP contribution >= 0.6 is 11.8 Å². The fourth-order valence-corrected chi connectivity index (χ4v) is 4.92. The van der Waals surface area contributed by atoms with Crippen molar-refractivity contribution < 1.29 is 4.79 Å². The number of carbonyl (C=O) groups is 1. The maximum absolute atomic E-state index is 13.3. The van der Waals surface area contributed by atoms with Crippen LogP contribution in [0.2, 0.25) is 0 Å². The lowest BCUT2D eigenvalue weighted by atomic mass is 9.91. The Hall–Kier alpha value is -2.78. The number of fused-ring (bicyclic) bond motifs is 1. The van der Waals surface area contributed by atoms with E-state index in [9.17, 15) is 4.79 Å². The largest absolute Gasteiger partial charge is 0.358 e. The highest BCUT2D eigenvalue weighted by molar-refractivity contribution is 7.99. The average molecular weight is 400 g/mol. The Balaban J connectivity index is 1.63. The summed E-state index contributed by atoms with van der Waals surface area (Å²) in [6.45, 7) is 4.26. The van der Waals surface area contributed by atoms with E-state index >= 15 is 0 Å². The van der Waals surface area contributed by atoms with Crippen molar-refractivity contribution in [1.29, 1.82) is 0 Å². The van der Waals surface area contributed by atoms with Crippen LogP contribution in [0.15, 0.2) is 83.8 Å². The number of aryl methyl sites for hydroxylation is 1. The summed E-state index contributed by atoms with van der Waals surface area (Å²) in [5.41, 5.74) is 4.77. The first-order valence-corrected chi connectivity index (χ1v) is 11.0. The van der Waals surface area contributed by atoms with Crippen LogP contribution in [-0.4, -0.2) is 16.5 Å². The van der Waals surface area contributed by atoms with Crippen LogP contribution in [-0.2, 0) is 0 Å². The van der Waals surface area contributed by atoms with Gasteiger partial charge in [0, 0.05) is 27.1 Å². The van der Waals surface area contributed by atoms with Gasteiger partial charge in [-0.3, -0.25) is 4.79 Å². The third-order valence-electron chi connectivity index (χ3n) is 5.40. The molecule has 0 spiro atoms. The number of nitrogens with one attached hydrogen (secondary N) is 1. The Bertz CT molecular complexity index is 1120. The summed E-state index contributed by atoms with van der Waals surface area (Å²) < 4.78 is 0. The van der Waals surface area contributed by atoms with E-state index in [1.807, 2.05) is 55.1 Å². The SMILES string of the molecule is Cc1[nH]c2cccc(C(C)CCSc3ccccc3)c2c1C(=O)c1ccccc1. The molecule has 4 aromatic rings. The van der Waals surface area contributed by atoms with E-state index in [4.69, 9.17) is 0 Å². The number of thioether (sulfide) groups is 1. The van der Waals surface area contributed by atoms with E-state index in [0.29, 0.717) is 5.92 Å². The summed E-state index contributed by atoms with van der Waals surface area (Å²) in [4.78, 5) is 18.0. The molecule has 0 amide bonds. The number of hydrogen-bond donors (Lipinski definition) is 1. The topological polar surface area (TPSA) is 32.9 Å². The second-order valence-electron chi connectivity index (χ2n) is 7.44. The van der Waals surface area contributed by atoms with Gasteiger partial charge in [-0.25, -0.2) is 0 Å². The molecule has 1 heterocycles. The van der Waals surface area contributed by atoms with Gasteiger partial charge in [-0.15, -0.1) is 11.8 Å². The number of rotatable bonds is 7. The molecule has 146 valence electrons. The number of hydrogen-bond acceptors (Lipinski definition) is 2. The molecule has 0 radical (unpaired) electrons. The van der Waals surface area contributed by atoms with Gasteiger partial charge in [0.25, 0.3) is 0 Å². The van der Waals surface area contributed by atoms with Crippen LogP contribution in [0.3, 0.4) is 0 Å². The van der Waals surface area contributed by atoms with Gasteiger partial charge in [0.2, 0.25) is 0 Å². The lowest BCUT2D eigenvalue weighted by Crippen LogP contribution is -2.04. The molecule has 0 aliphatic carbocycles. The van der Waals surface area contributed by atoms with E-state index in [2.05, 4.69) is 54.4 Å². The maximum atomic E-state index is 13.3. The molecule has 3 aromatic carbocycles. The van der Waals surface area contributed by atoms with E-state index in [1.165, 1.54) is 10.5 Å². The van der Waals surface area contributed by atoms with E-state index in [0.717, 1.165) is 39.9 Å². The van der Waals surface area contributed by atoms with E-state index in [1.54, 1.807) is 0 Å². The predicted molar refractivity (Wildman–Crippen MR) is 123 cm³/mol. The van der Waals surface area contributed by atoms with Crippen LogP contribution in [0.4, 0.5) is 0 Å². The zero-order chi connectivity index (χ0) is 20.2. The van der Waals surface area contributed by atoms with Gasteiger partial charge in [0.15, 0.2) is 5.78 Å². The highest BCUT2D eigenvalue weighted by atomic mass is 32.2. The summed E-state index contributed by atoms with van der Waals surface area (Å²) in [7, 11) is 0. The van der Waals surface area contributed by atoms with Crippen LogP contribution in [0.1, 0.15) is 46.4 Å². The molecule has 0 saturated heterocycles. The fourth-order valence-electron chi connectivity index (χ4n) is 3.86. The number of aromatic nitrogens is 1. The Morgan fingerprint density at radius 2 is 1.62 bits per heavy atom. The molecule has 1 atom stereocenters. The van der Waals surface area contributed by atoms with Crippen molar-refractivity contribution in [3.63, 3.8) is 0 Å². The maximum Gasteiger partial charge on any atom is 0.195 e. The highest BCUT2D eigenvalue weighted by Crippen LogP contribution is 2.34. The number of ketones is 1. The zero-order valence-electron chi connectivity index (χ0n) is 16.8. The molecule has 1 N–H and O–H groups in total. The van der Waals surface area contributed by atoms with Crippen molar-refractivity contribution in [2.45, 2.75) is 31.1 Å². The normalized spacial score (nSPS) is 12.2. The molecule has 0 bridgehead atoms. The molecule has 0 fully saturated rings. The average Bonchev–Trinajstić information content (AvgIpc) is 3.10. The zero-order valence-corrected chi connectivity index (χ0v) is 17.6. The Kier molecular flexibility index (Phi) is 5.86. The second kappa shape index (κ2) is 8.71. The van der Waals surface area contributed by atoms with Crippen LogP contribution in [0, 0.1) is 6.92 Å². The molecular weight excluding hydrogens is 374 g/mol. The Morgan fingerprint density at radius 3 is 2.34 bits per heavy atom. The molecule has 2 nitrogen and oxygen atoms in total. The van der Waals surface area contributed by atoms with E-state index in [-0.39, 0.29) is 5.78 Å². The summed E-state index contributed by atoms with van der Waals surface area (Å²) in [6, 6.07) is 26.4. The van der Waals surface area contributed by atoms with Gasteiger partial charge in [-0.05, 0) is 48.8 Å². The molecular formula is C26H25NOS. The second-order valence-corrected chi connectivity index (χ2v) is 8.61. The third-order valence-corrected chi connectivity index (χ3v) is 6.45. The minimum Gasteiger partial charge on any atom is -0.358 e. The first-order valence-electron chi connectivity index (χ1n) is 10.0. The first-order chi connectivity index (χ1) is 14.1. The summed E-state index contributed by atoms with van der Waals surface area (Å²) in [5.74, 6) is 1.51. The van der Waals surface area contributed by atoms with Crippen molar-refractivity contribution >= 4 is 28.4 Å². The molecule has 0 aliphatic heterocycles. The fraction of sp³-hybridized carbons (Fsp3) is 0.192. The highest BCUT2D eigenvalue weighted by Gasteiger charge is 2.21. The lowest BCUT2D eigenvalue weighted by Gasteiger charge is -2.14. The molecule has 1 aromatic heterocycles. The van der Waals surface area contributed by atoms with Crippen molar-refractivity contribution in [1.82, 2.24) is 4.98 Å². The molecule has 1 unspecified atom stereocenters. The van der Waals surface area contributed by atoms with Crippen molar-refractivity contribution in [2.75, 3.05) is 5.75 Å². The number of H-pyrrole nitrogens is 1. The van der Waals surface area contributed by atoms with Gasteiger partial charge < -0.3 is 4.98 Å². The first kappa shape index (κ1) is 19.5. The van der Waals surface area contributed by atoms with Crippen molar-refractivity contribution in [2.24, 2.45) is 0 Å². The molecule has 0 saturated carbocycles. The third kappa shape index (κ3) is 4.15. The van der Waals surface area contributed by atoms with Gasteiger partial charge in [0.1, 0.15) is 0 Å². The molecule has 4 rings (SSSR count). The van der Waals surface area contributed by atoms with Gasteiger partial charge in [-0.1, -0.05) is 67.6 Å². The van der Waals surface area contributed by atoms with Gasteiger partial charge >= 0.3 is 0 Å². The smallest absolute Gasteiger partial charge is 0.195 e. The lowest BCUT2D eigenvalue weighted by molar-refractivity contribution is 0.103. The predicted octanol–water partition coefficient (Wildman–Crippen LogP) is 6.99. The van der Waals surface area contributed by atoms with Gasteiger partial charge in [0.05, 0.1) is 5.56 Å². The number of carbonyl (C=O) groups excluding carboxylic acids is 1. The van der Waals surface area contributed by atoms with Gasteiger partial charge in [-0.2, -0.15) is 0 Å². The minimum absolute atomic E-state index is 0.0904. The summed E-state index contributed by atoms with van der Waals surface area (Å²) in [6.07, 6.45) is 1.06. The Morgan fingerprint density at radius 1 is 0.931 bits per heavy atom. The summed E-state index contributed by atoms with van der Waals surface area (Å²) in [5, 5.41) is 1.08. The minimum atomic E-state index is 0.0904. The Labute approximate surface area is 176 Å². The molecule has 29 heavy (non-hydrogen) atoms. The quantitative estimate of drug-likeness (QED) is 0.268. The van der Waals surface area contributed by atoms with Crippen LogP contribution < -0.4 is 0 Å².